The molecule has 7 nitrogen and oxygen atoms in total. The minimum atomic E-state index is -1.26. The quantitative estimate of drug-likeness (QED) is 0.708. The summed E-state index contributed by atoms with van der Waals surface area (Å²) >= 11 is 5.91. The summed E-state index contributed by atoms with van der Waals surface area (Å²) in [4.78, 5) is 25.6. The molecule has 2 aliphatic rings. The van der Waals surface area contributed by atoms with Crippen molar-refractivity contribution in [3.8, 4) is 0 Å². The Hall–Kier alpha value is -2.12. The van der Waals surface area contributed by atoms with E-state index in [-0.39, 0.29) is 0 Å². The number of aromatic nitrogens is 1. The number of hydrogen-bond donors (Lipinski definition) is 3. The molecule has 118 valence electrons. The summed E-state index contributed by atoms with van der Waals surface area (Å²) in [7, 11) is 0. The summed E-state index contributed by atoms with van der Waals surface area (Å²) in [6.45, 7) is 3.39. The van der Waals surface area contributed by atoms with Gasteiger partial charge in [-0.3, -0.25) is 4.98 Å². The highest BCUT2D eigenvalue weighted by Crippen LogP contribution is 2.33. The minimum absolute atomic E-state index is 0.558. The predicted molar refractivity (Wildman–Crippen MR) is 81.2 cm³/mol. The van der Waals surface area contributed by atoms with E-state index in [1.54, 1.807) is 6.20 Å². The van der Waals surface area contributed by atoms with E-state index in [4.69, 9.17) is 21.8 Å². The molecule has 1 aromatic rings. The molecule has 2 saturated heterocycles. The smallest absolute Gasteiger partial charge is 0.328 e. The summed E-state index contributed by atoms with van der Waals surface area (Å²) < 4.78 is 0. The first-order valence-corrected chi connectivity index (χ1v) is 7.07. The second-order valence-corrected chi connectivity index (χ2v) is 5.45. The van der Waals surface area contributed by atoms with Crippen molar-refractivity contribution in [2.24, 2.45) is 5.92 Å². The minimum Gasteiger partial charge on any atom is -0.478 e. The van der Waals surface area contributed by atoms with Gasteiger partial charge in [-0.2, -0.15) is 0 Å². The van der Waals surface area contributed by atoms with Crippen molar-refractivity contribution in [3.63, 3.8) is 0 Å². The lowest BCUT2D eigenvalue weighted by molar-refractivity contribution is -0.134. The van der Waals surface area contributed by atoms with Gasteiger partial charge in [0.05, 0.1) is 16.9 Å². The second-order valence-electron chi connectivity index (χ2n) is 5.01. The number of fused-ring (bicyclic) bond motifs is 1. The largest absolute Gasteiger partial charge is 0.478 e. The first kappa shape index (κ1) is 16.3. The van der Waals surface area contributed by atoms with Gasteiger partial charge in [0.1, 0.15) is 0 Å². The zero-order valence-corrected chi connectivity index (χ0v) is 12.4. The van der Waals surface area contributed by atoms with Gasteiger partial charge in [-0.15, -0.1) is 0 Å². The van der Waals surface area contributed by atoms with Crippen molar-refractivity contribution in [2.45, 2.75) is 6.04 Å². The van der Waals surface area contributed by atoms with Crippen LogP contribution in [0.5, 0.6) is 0 Å². The first-order valence-electron chi connectivity index (χ1n) is 6.69. The topological polar surface area (TPSA) is 103 Å². The number of anilines is 1. The van der Waals surface area contributed by atoms with Gasteiger partial charge in [0, 0.05) is 49.9 Å². The third-order valence-corrected chi connectivity index (χ3v) is 3.73. The van der Waals surface area contributed by atoms with Gasteiger partial charge in [-0.1, -0.05) is 11.6 Å². The Morgan fingerprint density at radius 3 is 2.50 bits per heavy atom. The van der Waals surface area contributed by atoms with Crippen LogP contribution >= 0.6 is 11.6 Å². The Bertz CT molecular complexity index is 577. The highest BCUT2D eigenvalue weighted by atomic mass is 35.5. The highest BCUT2D eigenvalue weighted by molar-refractivity contribution is 6.30. The number of carboxylic acid groups (broad SMARTS) is 2. The highest BCUT2D eigenvalue weighted by Gasteiger charge is 2.42. The maximum Gasteiger partial charge on any atom is 0.328 e. The van der Waals surface area contributed by atoms with Gasteiger partial charge in [0.15, 0.2) is 0 Å². The Balaban J connectivity index is 0.000000192. The van der Waals surface area contributed by atoms with Gasteiger partial charge in [-0.25, -0.2) is 9.59 Å². The maximum atomic E-state index is 9.55. The van der Waals surface area contributed by atoms with Crippen LogP contribution in [-0.2, 0) is 9.59 Å². The van der Waals surface area contributed by atoms with Gasteiger partial charge in [0.2, 0.25) is 0 Å². The molecule has 1 aromatic heterocycles. The van der Waals surface area contributed by atoms with Crippen LogP contribution in [0.15, 0.2) is 30.6 Å². The number of nitrogens with one attached hydrogen (secondary N) is 1. The Labute approximate surface area is 132 Å². The molecule has 0 bridgehead atoms. The summed E-state index contributed by atoms with van der Waals surface area (Å²) in [5, 5.41) is 19.7. The van der Waals surface area contributed by atoms with Crippen LogP contribution in [0.25, 0.3) is 0 Å². The molecule has 2 fully saturated rings. The number of nitrogens with zero attached hydrogens (tertiary/aromatic N) is 2. The molecule has 3 heterocycles. The van der Waals surface area contributed by atoms with Gasteiger partial charge in [-0.05, 0) is 6.07 Å². The number of aliphatic carboxylic acids is 2. The predicted octanol–water partition coefficient (Wildman–Crippen LogP) is 0.855. The molecule has 0 spiro atoms. The summed E-state index contributed by atoms with van der Waals surface area (Å²) in [6, 6.07) is 2.65. The van der Waals surface area contributed by atoms with Crippen molar-refractivity contribution in [1.82, 2.24) is 10.3 Å². The fourth-order valence-electron chi connectivity index (χ4n) is 2.52. The van der Waals surface area contributed by atoms with E-state index in [1.165, 1.54) is 0 Å². The number of pyridine rings is 1. The van der Waals surface area contributed by atoms with E-state index >= 15 is 0 Å². The third-order valence-electron chi connectivity index (χ3n) is 3.53. The summed E-state index contributed by atoms with van der Waals surface area (Å²) in [5.74, 6) is -1.69. The normalized spacial score (nSPS) is 22.5. The number of carbonyl (C=O) groups is 2. The van der Waals surface area contributed by atoms with Crippen molar-refractivity contribution >= 4 is 29.2 Å². The zero-order chi connectivity index (χ0) is 16.1. The number of halogens is 1. The van der Waals surface area contributed by atoms with Crippen LogP contribution < -0.4 is 10.2 Å². The molecule has 0 radical (unpaired) electrons. The monoisotopic (exact) mass is 325 g/mol. The van der Waals surface area contributed by atoms with E-state index in [2.05, 4.69) is 15.2 Å². The second kappa shape index (κ2) is 7.24. The van der Waals surface area contributed by atoms with Crippen molar-refractivity contribution in [3.05, 3.63) is 35.6 Å². The average molecular weight is 326 g/mol. The number of hydrogen-bond acceptors (Lipinski definition) is 5. The molecular formula is C14H16ClN3O4. The van der Waals surface area contributed by atoms with Crippen LogP contribution in [0, 0.1) is 5.92 Å². The van der Waals surface area contributed by atoms with Gasteiger partial charge < -0.3 is 20.4 Å². The lowest BCUT2D eigenvalue weighted by atomic mass is 9.91. The van der Waals surface area contributed by atoms with Crippen molar-refractivity contribution in [1.29, 1.82) is 0 Å². The van der Waals surface area contributed by atoms with E-state index < -0.39 is 11.9 Å². The van der Waals surface area contributed by atoms with Crippen molar-refractivity contribution in [2.75, 3.05) is 24.5 Å². The zero-order valence-electron chi connectivity index (χ0n) is 11.6. The molecule has 0 aromatic carbocycles. The molecule has 2 atom stereocenters. The lowest BCUT2D eigenvalue weighted by Gasteiger charge is -2.45. The maximum absolute atomic E-state index is 9.55. The fourth-order valence-corrected chi connectivity index (χ4v) is 2.69. The summed E-state index contributed by atoms with van der Waals surface area (Å²) in [5.41, 5.74) is 1.16. The van der Waals surface area contributed by atoms with Gasteiger partial charge in [0.25, 0.3) is 0 Å². The lowest BCUT2D eigenvalue weighted by Crippen LogP contribution is -2.55. The van der Waals surface area contributed by atoms with E-state index in [1.807, 2.05) is 12.3 Å². The molecular weight excluding hydrogens is 310 g/mol. The Kier molecular flexibility index (Phi) is 5.35. The third kappa shape index (κ3) is 4.19. The standard InChI is InChI=1S/C10H12ClN3.C4H4O4/c11-8-1-9(4-13-3-8)14-6-7-2-12-5-10(7)14;5-3(6)1-2-4(7)8/h1,3-4,7,10,12H,2,5-6H2;1-2H,(H,5,6)(H,7,8)/b;2-1+/t7-,10-;/m1./s1. The molecule has 3 N–H and O–H groups in total. The molecule has 22 heavy (non-hydrogen) atoms. The van der Waals surface area contributed by atoms with Crippen molar-refractivity contribution < 1.29 is 19.8 Å². The molecule has 2 aliphatic heterocycles. The SMILES string of the molecule is Clc1cncc(N2C[C@H]3CNC[C@H]32)c1.O=C(O)/C=C/C(=O)O. The van der Waals surface area contributed by atoms with Gasteiger partial charge >= 0.3 is 11.9 Å². The molecule has 0 unspecified atom stereocenters. The molecule has 0 amide bonds. The van der Waals surface area contributed by atoms with E-state index in [0.29, 0.717) is 18.2 Å². The first-order chi connectivity index (χ1) is 10.5. The number of rotatable bonds is 3. The van der Waals surface area contributed by atoms with E-state index in [0.717, 1.165) is 36.3 Å². The Morgan fingerprint density at radius 1 is 1.27 bits per heavy atom. The van der Waals surface area contributed by atoms with Crippen LogP contribution in [0.4, 0.5) is 5.69 Å². The van der Waals surface area contributed by atoms with Crippen LogP contribution in [0.2, 0.25) is 5.02 Å². The average Bonchev–Trinajstić information content (AvgIpc) is 2.79. The van der Waals surface area contributed by atoms with E-state index in [9.17, 15) is 9.59 Å². The van der Waals surface area contributed by atoms with Crippen LogP contribution in [0.1, 0.15) is 0 Å². The molecule has 0 aliphatic carbocycles. The van der Waals surface area contributed by atoms with Crippen LogP contribution in [-0.4, -0.2) is 52.8 Å². The Morgan fingerprint density at radius 2 is 1.95 bits per heavy atom. The molecule has 0 saturated carbocycles. The number of carboxylic acids is 2. The van der Waals surface area contributed by atoms with Crippen LogP contribution in [0.3, 0.4) is 0 Å². The fraction of sp³-hybridized carbons (Fsp3) is 0.357. The molecule has 3 rings (SSSR count). The summed E-state index contributed by atoms with van der Waals surface area (Å²) in [6.07, 6.45) is 4.68. The molecule has 8 heteroatoms.